The van der Waals surface area contributed by atoms with Gasteiger partial charge in [0.1, 0.15) is 5.82 Å². The van der Waals surface area contributed by atoms with E-state index in [0.717, 1.165) is 16.7 Å². The first-order chi connectivity index (χ1) is 11.6. The molecule has 0 unspecified atom stereocenters. The fourth-order valence-electron chi connectivity index (χ4n) is 2.32. The van der Waals surface area contributed by atoms with Crippen LogP contribution in [0.5, 0.6) is 0 Å². The number of nitrogens with zero attached hydrogens (tertiary/aromatic N) is 4. The second-order valence-electron chi connectivity index (χ2n) is 5.52. The quantitative estimate of drug-likeness (QED) is 0.801. The third kappa shape index (κ3) is 3.08. The fourth-order valence-corrected chi connectivity index (χ4v) is 2.32. The molecule has 0 aliphatic carbocycles. The molecule has 0 aliphatic heterocycles. The molecule has 3 aromatic rings. The Balaban J connectivity index is 1.99. The van der Waals surface area contributed by atoms with Gasteiger partial charge in [-0.2, -0.15) is 0 Å². The van der Waals surface area contributed by atoms with Crippen LogP contribution >= 0.6 is 0 Å². The second-order valence-corrected chi connectivity index (χ2v) is 5.52. The van der Waals surface area contributed by atoms with E-state index >= 15 is 0 Å². The molecule has 3 heterocycles. The summed E-state index contributed by atoms with van der Waals surface area (Å²) < 4.78 is 0. The molecule has 0 radical (unpaired) electrons. The van der Waals surface area contributed by atoms with Gasteiger partial charge in [0.05, 0.1) is 11.3 Å². The Morgan fingerprint density at radius 3 is 2.38 bits per heavy atom. The smallest absolute Gasteiger partial charge is 0.254 e. The van der Waals surface area contributed by atoms with Crippen LogP contribution in [0, 0.1) is 0 Å². The molecule has 0 bridgehead atoms. The number of amides is 1. The predicted molar refractivity (Wildman–Crippen MR) is 93.1 cm³/mol. The largest absolute Gasteiger partial charge is 0.383 e. The highest BCUT2D eigenvalue weighted by atomic mass is 16.2. The molecule has 120 valence electrons. The van der Waals surface area contributed by atoms with Crippen LogP contribution in [-0.4, -0.2) is 39.9 Å². The lowest BCUT2D eigenvalue weighted by atomic mass is 10.0. The molecular formula is C18H17N5O. The lowest BCUT2D eigenvalue weighted by Gasteiger charge is -2.11. The summed E-state index contributed by atoms with van der Waals surface area (Å²) in [5.41, 5.74) is 9.86. The molecule has 0 saturated heterocycles. The van der Waals surface area contributed by atoms with Gasteiger partial charge in [0.15, 0.2) is 0 Å². The number of pyridine rings is 3. The summed E-state index contributed by atoms with van der Waals surface area (Å²) in [6, 6.07) is 9.27. The molecule has 3 aromatic heterocycles. The third-order valence-corrected chi connectivity index (χ3v) is 3.62. The predicted octanol–water partition coefficient (Wildman–Crippen LogP) is 2.49. The summed E-state index contributed by atoms with van der Waals surface area (Å²) in [6.07, 6.45) is 6.73. The van der Waals surface area contributed by atoms with Crippen molar-refractivity contribution in [1.82, 2.24) is 19.9 Å². The van der Waals surface area contributed by atoms with Crippen LogP contribution in [-0.2, 0) is 0 Å². The van der Waals surface area contributed by atoms with Gasteiger partial charge in [-0.25, -0.2) is 4.98 Å². The van der Waals surface area contributed by atoms with Gasteiger partial charge in [-0.3, -0.25) is 14.8 Å². The molecule has 0 saturated carbocycles. The van der Waals surface area contributed by atoms with Gasteiger partial charge in [-0.15, -0.1) is 0 Å². The Morgan fingerprint density at radius 1 is 1.00 bits per heavy atom. The van der Waals surface area contributed by atoms with E-state index in [2.05, 4.69) is 15.0 Å². The van der Waals surface area contributed by atoms with Crippen LogP contribution in [0.1, 0.15) is 10.4 Å². The Labute approximate surface area is 140 Å². The molecule has 1 amide bonds. The average molecular weight is 319 g/mol. The molecule has 0 aromatic carbocycles. The molecule has 3 rings (SSSR count). The molecule has 0 aliphatic rings. The lowest BCUT2D eigenvalue weighted by molar-refractivity contribution is 0.0827. The molecule has 6 nitrogen and oxygen atoms in total. The van der Waals surface area contributed by atoms with Crippen molar-refractivity contribution in [3.05, 3.63) is 60.7 Å². The average Bonchev–Trinajstić information content (AvgIpc) is 2.62. The number of hydrogen-bond acceptors (Lipinski definition) is 5. The molecule has 0 fully saturated rings. The van der Waals surface area contributed by atoms with Gasteiger partial charge in [0.25, 0.3) is 5.91 Å². The summed E-state index contributed by atoms with van der Waals surface area (Å²) >= 11 is 0. The van der Waals surface area contributed by atoms with Gasteiger partial charge >= 0.3 is 0 Å². The van der Waals surface area contributed by atoms with Crippen molar-refractivity contribution in [1.29, 1.82) is 0 Å². The highest BCUT2D eigenvalue weighted by Crippen LogP contribution is 2.28. The lowest BCUT2D eigenvalue weighted by Crippen LogP contribution is -2.21. The van der Waals surface area contributed by atoms with E-state index in [1.54, 1.807) is 51.0 Å². The van der Waals surface area contributed by atoms with E-state index in [-0.39, 0.29) is 5.91 Å². The van der Waals surface area contributed by atoms with Crippen molar-refractivity contribution in [2.45, 2.75) is 0 Å². The first-order valence-corrected chi connectivity index (χ1v) is 7.40. The van der Waals surface area contributed by atoms with Gasteiger partial charge < -0.3 is 10.6 Å². The van der Waals surface area contributed by atoms with Crippen LogP contribution in [0.2, 0.25) is 0 Å². The molecule has 24 heavy (non-hydrogen) atoms. The maximum absolute atomic E-state index is 11.9. The normalized spacial score (nSPS) is 10.4. The first-order valence-electron chi connectivity index (χ1n) is 7.40. The van der Waals surface area contributed by atoms with E-state index < -0.39 is 0 Å². The van der Waals surface area contributed by atoms with Crippen LogP contribution < -0.4 is 5.73 Å². The topological polar surface area (TPSA) is 85.0 Å². The molecule has 2 N–H and O–H groups in total. The minimum absolute atomic E-state index is 0.0920. The van der Waals surface area contributed by atoms with Crippen molar-refractivity contribution in [2.24, 2.45) is 0 Å². The zero-order valence-electron chi connectivity index (χ0n) is 13.5. The van der Waals surface area contributed by atoms with Crippen LogP contribution in [0.4, 0.5) is 5.82 Å². The first kappa shape index (κ1) is 15.6. The minimum atomic E-state index is -0.0920. The molecule has 0 atom stereocenters. The van der Waals surface area contributed by atoms with Crippen LogP contribution in [0.25, 0.3) is 22.4 Å². The number of anilines is 1. The van der Waals surface area contributed by atoms with Gasteiger partial charge in [0.2, 0.25) is 0 Å². The van der Waals surface area contributed by atoms with Crippen molar-refractivity contribution in [3.63, 3.8) is 0 Å². The summed E-state index contributed by atoms with van der Waals surface area (Å²) in [6.45, 7) is 0. The van der Waals surface area contributed by atoms with Crippen molar-refractivity contribution in [2.75, 3.05) is 19.8 Å². The molecule has 0 spiro atoms. The minimum Gasteiger partial charge on any atom is -0.383 e. The van der Waals surface area contributed by atoms with E-state index in [0.29, 0.717) is 17.1 Å². The maximum atomic E-state index is 11.9. The van der Waals surface area contributed by atoms with Crippen LogP contribution in [0.15, 0.2) is 55.1 Å². The number of nitrogen functional groups attached to an aromatic ring is 1. The second kappa shape index (κ2) is 6.45. The maximum Gasteiger partial charge on any atom is 0.254 e. The fraction of sp³-hybridized carbons (Fsp3) is 0.111. The van der Waals surface area contributed by atoms with Crippen molar-refractivity contribution >= 4 is 11.7 Å². The summed E-state index contributed by atoms with van der Waals surface area (Å²) in [5, 5.41) is 0. The van der Waals surface area contributed by atoms with E-state index in [9.17, 15) is 4.79 Å². The monoisotopic (exact) mass is 319 g/mol. The number of aromatic nitrogens is 3. The zero-order valence-corrected chi connectivity index (χ0v) is 13.5. The zero-order chi connectivity index (χ0) is 17.1. The number of nitrogens with two attached hydrogens (primary N) is 1. The van der Waals surface area contributed by atoms with Crippen LogP contribution in [0.3, 0.4) is 0 Å². The Kier molecular flexibility index (Phi) is 4.20. The number of hydrogen-bond donors (Lipinski definition) is 1. The third-order valence-electron chi connectivity index (χ3n) is 3.62. The van der Waals surface area contributed by atoms with Crippen molar-refractivity contribution < 1.29 is 4.79 Å². The molecule has 6 heteroatoms. The summed E-state index contributed by atoms with van der Waals surface area (Å²) in [7, 11) is 3.41. The standard InChI is InChI=1S/C18H17N5O/c1-23(2)18(24)13-3-4-16(21-10-13)15-9-14(11-22-17(15)19)12-5-7-20-8-6-12/h3-11H,1-2H3,(H2,19,22). The molecular weight excluding hydrogens is 302 g/mol. The SMILES string of the molecule is CN(C)C(=O)c1ccc(-c2cc(-c3ccncc3)cnc2N)nc1. The van der Waals surface area contributed by atoms with Gasteiger partial charge in [-0.05, 0) is 35.9 Å². The van der Waals surface area contributed by atoms with E-state index in [4.69, 9.17) is 5.73 Å². The highest BCUT2D eigenvalue weighted by molar-refractivity contribution is 5.94. The van der Waals surface area contributed by atoms with Crippen molar-refractivity contribution in [3.8, 4) is 22.4 Å². The number of rotatable bonds is 3. The summed E-state index contributed by atoms with van der Waals surface area (Å²) in [4.78, 5) is 26.1. The van der Waals surface area contributed by atoms with E-state index in [1.807, 2.05) is 18.2 Å². The Bertz CT molecular complexity index is 860. The van der Waals surface area contributed by atoms with Gasteiger partial charge in [-0.1, -0.05) is 0 Å². The Hall–Kier alpha value is -3.28. The van der Waals surface area contributed by atoms with Gasteiger partial charge in [0, 0.05) is 50.0 Å². The number of carbonyl (C=O) groups is 1. The number of carbonyl (C=O) groups excluding carboxylic acids is 1. The summed E-state index contributed by atoms with van der Waals surface area (Å²) in [5.74, 6) is 0.303. The van der Waals surface area contributed by atoms with E-state index in [1.165, 1.54) is 4.90 Å². The highest BCUT2D eigenvalue weighted by Gasteiger charge is 2.11. The Morgan fingerprint density at radius 2 is 1.75 bits per heavy atom.